The molecule has 0 N–H and O–H groups in total. The minimum absolute atomic E-state index is 0.282. The van der Waals surface area contributed by atoms with E-state index >= 15 is 0 Å². The third-order valence-corrected chi connectivity index (χ3v) is 4.98. The van der Waals surface area contributed by atoms with Gasteiger partial charge in [0.05, 0.1) is 17.8 Å². The highest BCUT2D eigenvalue weighted by Gasteiger charge is 2.52. The Bertz CT molecular complexity index is 527. The van der Waals surface area contributed by atoms with Crippen molar-refractivity contribution in [3.63, 3.8) is 0 Å². The van der Waals surface area contributed by atoms with Crippen LogP contribution in [0.1, 0.15) is 34.1 Å². The van der Waals surface area contributed by atoms with Gasteiger partial charge in [-0.2, -0.15) is 11.8 Å². The number of halogens is 2. The predicted octanol–water partition coefficient (Wildman–Crippen LogP) is 3.40. The lowest BCUT2D eigenvalue weighted by atomic mass is 9.79. The van der Waals surface area contributed by atoms with Crippen molar-refractivity contribution in [3.8, 4) is 5.75 Å². The van der Waals surface area contributed by atoms with E-state index in [1.165, 1.54) is 12.1 Å². The molecule has 0 saturated carbocycles. The molecule has 0 spiro atoms. The predicted molar refractivity (Wildman–Crippen MR) is 90.6 cm³/mol. The van der Waals surface area contributed by atoms with Crippen LogP contribution in [0.15, 0.2) is 12.1 Å². The van der Waals surface area contributed by atoms with Crippen molar-refractivity contribution >= 4 is 24.3 Å². The van der Waals surface area contributed by atoms with E-state index in [-0.39, 0.29) is 12.4 Å². The molecule has 0 amide bonds. The first-order valence-electron chi connectivity index (χ1n) is 7.64. The number of rotatable bonds is 6. The molecule has 7 heteroatoms. The van der Waals surface area contributed by atoms with Crippen LogP contribution >= 0.6 is 11.8 Å². The van der Waals surface area contributed by atoms with E-state index in [0.717, 1.165) is 12.2 Å². The summed E-state index contributed by atoms with van der Waals surface area (Å²) < 4.78 is 45.2. The fourth-order valence-corrected chi connectivity index (χ4v) is 2.62. The summed E-state index contributed by atoms with van der Waals surface area (Å²) in [5.41, 5.74) is -0.801. The first kappa shape index (κ1) is 18.6. The minimum Gasteiger partial charge on any atom is -0.488 e. The molecule has 3 nitrogen and oxygen atoms in total. The largest absolute Gasteiger partial charge is 0.495 e. The van der Waals surface area contributed by atoms with Crippen molar-refractivity contribution in [2.45, 2.75) is 45.3 Å². The van der Waals surface area contributed by atoms with Crippen molar-refractivity contribution in [2.24, 2.45) is 0 Å². The molecular weight excluding hydrogens is 321 g/mol. The minimum atomic E-state index is -0.797. The molecule has 0 bridgehead atoms. The summed E-state index contributed by atoms with van der Waals surface area (Å²) in [6.07, 6.45) is 2.71. The van der Waals surface area contributed by atoms with Gasteiger partial charge in [-0.25, -0.2) is 8.78 Å². The molecule has 0 aliphatic carbocycles. The summed E-state index contributed by atoms with van der Waals surface area (Å²) in [4.78, 5) is 0. The third kappa shape index (κ3) is 4.01. The average molecular weight is 344 g/mol. The fraction of sp³-hybridized carbons (Fsp3) is 0.625. The van der Waals surface area contributed by atoms with Gasteiger partial charge in [0, 0.05) is 0 Å². The van der Waals surface area contributed by atoms with Gasteiger partial charge in [-0.15, -0.1) is 0 Å². The maximum absolute atomic E-state index is 14.2. The van der Waals surface area contributed by atoms with E-state index in [4.69, 9.17) is 14.0 Å². The highest BCUT2D eigenvalue weighted by atomic mass is 32.2. The molecule has 0 atom stereocenters. The van der Waals surface area contributed by atoms with Gasteiger partial charge in [0.15, 0.2) is 17.4 Å². The van der Waals surface area contributed by atoms with Crippen molar-refractivity contribution in [2.75, 3.05) is 18.6 Å². The second-order valence-corrected chi connectivity index (χ2v) is 7.58. The van der Waals surface area contributed by atoms with E-state index in [2.05, 4.69) is 0 Å². The Labute approximate surface area is 141 Å². The number of hydrogen-bond acceptors (Lipinski definition) is 4. The summed E-state index contributed by atoms with van der Waals surface area (Å²) in [6.45, 7) is 7.85. The third-order valence-electron chi connectivity index (χ3n) is 4.29. The topological polar surface area (TPSA) is 27.7 Å². The molecule has 2 rings (SSSR count). The lowest BCUT2D eigenvalue weighted by Crippen LogP contribution is -2.41. The molecule has 1 aromatic carbocycles. The number of ether oxygens (including phenoxy) is 1. The lowest BCUT2D eigenvalue weighted by Gasteiger charge is -2.32. The van der Waals surface area contributed by atoms with Gasteiger partial charge in [-0.1, -0.05) is 0 Å². The second-order valence-electron chi connectivity index (χ2n) is 6.60. The van der Waals surface area contributed by atoms with Crippen molar-refractivity contribution in [1.29, 1.82) is 0 Å². The molecule has 0 unspecified atom stereocenters. The van der Waals surface area contributed by atoms with Gasteiger partial charge >= 0.3 is 7.12 Å². The molecule has 1 aromatic rings. The van der Waals surface area contributed by atoms with Crippen molar-refractivity contribution < 1.29 is 22.8 Å². The molecule has 1 aliphatic heterocycles. The molecular formula is C16H23BF2O3S. The average Bonchev–Trinajstić information content (AvgIpc) is 2.65. The van der Waals surface area contributed by atoms with Crippen LogP contribution < -0.4 is 10.2 Å². The van der Waals surface area contributed by atoms with Crippen LogP contribution in [0.2, 0.25) is 0 Å². The second kappa shape index (κ2) is 6.99. The SMILES string of the molecule is CSCCCOc1c(F)cc(B2OC(C)(C)C(C)(C)O2)cc1F. The lowest BCUT2D eigenvalue weighted by molar-refractivity contribution is 0.00578. The maximum atomic E-state index is 14.2. The van der Waals surface area contributed by atoms with Crippen LogP contribution in [0, 0.1) is 11.6 Å². The Balaban J connectivity index is 2.14. The van der Waals surface area contributed by atoms with Crippen molar-refractivity contribution in [1.82, 2.24) is 0 Å². The van der Waals surface area contributed by atoms with E-state index in [1.807, 2.05) is 34.0 Å². The van der Waals surface area contributed by atoms with Gasteiger partial charge < -0.3 is 14.0 Å². The summed E-state index contributed by atoms with van der Waals surface area (Å²) in [6, 6.07) is 2.43. The van der Waals surface area contributed by atoms with Crippen LogP contribution in [-0.2, 0) is 9.31 Å². The molecule has 1 aliphatic rings. The van der Waals surface area contributed by atoms with Gasteiger partial charge in [-0.3, -0.25) is 0 Å². The molecule has 23 heavy (non-hydrogen) atoms. The fourth-order valence-electron chi connectivity index (χ4n) is 2.21. The first-order chi connectivity index (χ1) is 10.7. The zero-order valence-electron chi connectivity index (χ0n) is 14.2. The van der Waals surface area contributed by atoms with Crippen LogP contribution in [0.4, 0.5) is 8.78 Å². The van der Waals surface area contributed by atoms with Crippen LogP contribution in [0.25, 0.3) is 0 Å². The zero-order valence-corrected chi connectivity index (χ0v) is 15.1. The monoisotopic (exact) mass is 344 g/mol. The summed E-state index contributed by atoms with van der Waals surface area (Å²) in [5.74, 6) is -0.931. The molecule has 1 heterocycles. The Kier molecular flexibility index (Phi) is 5.64. The van der Waals surface area contributed by atoms with E-state index in [9.17, 15) is 8.78 Å². The number of thioether (sulfide) groups is 1. The Morgan fingerprint density at radius 3 is 2.09 bits per heavy atom. The summed E-state index contributed by atoms with van der Waals surface area (Å²) in [7, 11) is -0.797. The number of benzene rings is 1. The Hall–Kier alpha value is -0.785. The van der Waals surface area contributed by atoms with Gasteiger partial charge in [0.2, 0.25) is 0 Å². The van der Waals surface area contributed by atoms with E-state index < -0.39 is 30.0 Å². The smallest absolute Gasteiger partial charge is 0.488 e. The standard InChI is InChI=1S/C16H23BF2O3S/c1-15(2)16(3,4)22-17(21-15)11-9-12(18)14(13(19)10-11)20-7-6-8-23-5/h9-10H,6-8H2,1-5H3. The van der Waals surface area contributed by atoms with Gasteiger partial charge in [0.1, 0.15) is 0 Å². The summed E-state index contributed by atoms with van der Waals surface area (Å²) >= 11 is 1.66. The van der Waals surface area contributed by atoms with Crippen molar-refractivity contribution in [3.05, 3.63) is 23.8 Å². The Morgan fingerprint density at radius 2 is 1.61 bits per heavy atom. The quantitative estimate of drug-likeness (QED) is 0.584. The highest BCUT2D eigenvalue weighted by molar-refractivity contribution is 7.98. The molecule has 1 saturated heterocycles. The molecule has 0 aromatic heterocycles. The van der Waals surface area contributed by atoms with Crippen LogP contribution in [0.5, 0.6) is 5.75 Å². The van der Waals surface area contributed by atoms with Crippen LogP contribution in [-0.4, -0.2) is 36.9 Å². The zero-order chi connectivity index (χ0) is 17.3. The normalized spacial score (nSPS) is 19.2. The molecule has 128 valence electrons. The summed E-state index contributed by atoms with van der Waals surface area (Å²) in [5, 5.41) is 0. The molecule has 1 fully saturated rings. The maximum Gasteiger partial charge on any atom is 0.495 e. The van der Waals surface area contributed by atoms with E-state index in [0.29, 0.717) is 5.46 Å². The highest BCUT2D eigenvalue weighted by Crippen LogP contribution is 2.36. The Morgan fingerprint density at radius 1 is 1.09 bits per heavy atom. The number of hydrogen-bond donors (Lipinski definition) is 0. The molecule has 0 radical (unpaired) electrons. The van der Waals surface area contributed by atoms with E-state index in [1.54, 1.807) is 11.8 Å². The van der Waals surface area contributed by atoms with Gasteiger partial charge in [0.25, 0.3) is 0 Å². The van der Waals surface area contributed by atoms with Gasteiger partial charge in [-0.05, 0) is 63.7 Å². The first-order valence-corrected chi connectivity index (χ1v) is 9.03. The van der Waals surface area contributed by atoms with Crippen LogP contribution in [0.3, 0.4) is 0 Å².